The highest BCUT2D eigenvalue weighted by Crippen LogP contribution is 2.28. The van der Waals surface area contributed by atoms with Crippen molar-refractivity contribution in [1.82, 2.24) is 9.44 Å². The van der Waals surface area contributed by atoms with E-state index in [9.17, 15) is 21.6 Å². The monoisotopic (exact) mass is 514 g/mol. The lowest BCUT2D eigenvalue weighted by Crippen LogP contribution is -2.41. The van der Waals surface area contributed by atoms with Crippen LogP contribution in [0, 0.1) is 6.92 Å². The largest absolute Gasteiger partial charge is 0.497 e. The number of carbonyl (C=O) groups is 1. The van der Waals surface area contributed by atoms with Gasteiger partial charge in [-0.3, -0.25) is 4.79 Å². The summed E-state index contributed by atoms with van der Waals surface area (Å²) in [5.74, 6) is -0.190. The smallest absolute Gasteiger partial charge is 0.323 e. The first-order valence-electron chi connectivity index (χ1n) is 10.4. The second-order valence-electron chi connectivity index (χ2n) is 7.42. The van der Waals surface area contributed by atoms with Gasteiger partial charge in [0.05, 0.1) is 26.2 Å². The van der Waals surface area contributed by atoms with Crippen LogP contribution in [-0.4, -0.2) is 56.7 Å². The van der Waals surface area contributed by atoms with Crippen molar-refractivity contribution in [3.05, 3.63) is 48.0 Å². The van der Waals surface area contributed by atoms with E-state index in [2.05, 4.69) is 9.44 Å². The maximum atomic E-state index is 12.7. The number of sulfonamides is 2. The van der Waals surface area contributed by atoms with E-state index in [0.29, 0.717) is 18.6 Å². The van der Waals surface area contributed by atoms with Crippen LogP contribution in [0.25, 0.3) is 0 Å². The number of rotatable bonds is 13. The minimum atomic E-state index is -3.94. The van der Waals surface area contributed by atoms with Crippen molar-refractivity contribution in [1.29, 1.82) is 0 Å². The lowest BCUT2D eigenvalue weighted by Gasteiger charge is -2.17. The molecular formula is C22H30N2O8S2. The quantitative estimate of drug-likeness (QED) is 0.306. The van der Waals surface area contributed by atoms with Gasteiger partial charge in [0.25, 0.3) is 0 Å². The number of hydrogen-bond acceptors (Lipinski definition) is 8. The number of nitrogens with one attached hydrogen (secondary N) is 2. The Hall–Kier alpha value is -2.67. The number of benzene rings is 2. The van der Waals surface area contributed by atoms with E-state index in [-0.39, 0.29) is 28.5 Å². The van der Waals surface area contributed by atoms with Gasteiger partial charge in [-0.25, -0.2) is 21.6 Å². The van der Waals surface area contributed by atoms with Crippen LogP contribution in [0.15, 0.2) is 52.3 Å². The summed E-state index contributed by atoms with van der Waals surface area (Å²) in [5, 5.41) is 0. The first kappa shape index (κ1) is 27.6. The van der Waals surface area contributed by atoms with Crippen LogP contribution in [0.4, 0.5) is 0 Å². The average molecular weight is 515 g/mol. The first-order valence-corrected chi connectivity index (χ1v) is 13.4. The summed E-state index contributed by atoms with van der Waals surface area (Å²) < 4.78 is 70.4. The summed E-state index contributed by atoms with van der Waals surface area (Å²) in [6.07, 6.45) is 0.835. The van der Waals surface area contributed by atoms with E-state index in [4.69, 9.17) is 14.2 Å². The summed E-state index contributed by atoms with van der Waals surface area (Å²) in [4.78, 5) is 12.1. The van der Waals surface area contributed by atoms with Crippen LogP contribution in [-0.2, 0) is 29.6 Å². The normalized spacial score (nSPS) is 12.7. The van der Waals surface area contributed by atoms with Crippen LogP contribution in [0.1, 0.15) is 24.8 Å². The van der Waals surface area contributed by atoms with E-state index in [0.717, 1.165) is 5.56 Å². The van der Waals surface area contributed by atoms with Crippen LogP contribution < -0.4 is 18.9 Å². The third-order valence-electron chi connectivity index (χ3n) is 4.99. The van der Waals surface area contributed by atoms with Gasteiger partial charge >= 0.3 is 5.97 Å². The summed E-state index contributed by atoms with van der Waals surface area (Å²) >= 11 is 0. The van der Waals surface area contributed by atoms with Crippen LogP contribution in [0.5, 0.6) is 11.5 Å². The molecule has 188 valence electrons. The molecule has 0 saturated heterocycles. The number of ether oxygens (including phenoxy) is 3. The number of esters is 1. The zero-order valence-corrected chi connectivity index (χ0v) is 21.2. The number of unbranched alkanes of at least 4 members (excludes halogenated alkanes) is 1. The highest BCUT2D eigenvalue weighted by Gasteiger charge is 2.26. The maximum Gasteiger partial charge on any atom is 0.323 e. The Bertz CT molecular complexity index is 1180. The van der Waals surface area contributed by atoms with Gasteiger partial charge < -0.3 is 14.2 Å². The third kappa shape index (κ3) is 7.42. The Balaban J connectivity index is 1.98. The van der Waals surface area contributed by atoms with Crippen LogP contribution in [0.2, 0.25) is 0 Å². The van der Waals surface area contributed by atoms with Gasteiger partial charge in [0.2, 0.25) is 20.0 Å². The fourth-order valence-electron chi connectivity index (χ4n) is 3.09. The molecule has 0 saturated carbocycles. The van der Waals surface area contributed by atoms with Gasteiger partial charge in [0.15, 0.2) is 0 Å². The van der Waals surface area contributed by atoms with Gasteiger partial charge in [-0.05, 0) is 50.5 Å². The molecule has 2 aromatic carbocycles. The second-order valence-corrected chi connectivity index (χ2v) is 10.9. The number of methoxy groups -OCH3 is 3. The molecule has 0 radical (unpaired) electrons. The third-order valence-corrected chi connectivity index (χ3v) is 7.96. The molecule has 0 heterocycles. The Morgan fingerprint density at radius 2 is 1.59 bits per heavy atom. The number of hydrogen-bond donors (Lipinski definition) is 2. The van der Waals surface area contributed by atoms with Crippen molar-refractivity contribution in [3.8, 4) is 11.5 Å². The van der Waals surface area contributed by atoms with Gasteiger partial charge in [-0.2, -0.15) is 4.72 Å². The summed E-state index contributed by atoms with van der Waals surface area (Å²) in [7, 11) is -3.85. The molecule has 12 heteroatoms. The van der Waals surface area contributed by atoms with Crippen molar-refractivity contribution in [2.75, 3.05) is 27.9 Å². The molecule has 34 heavy (non-hydrogen) atoms. The van der Waals surface area contributed by atoms with Gasteiger partial charge in [0, 0.05) is 12.6 Å². The van der Waals surface area contributed by atoms with Crippen molar-refractivity contribution >= 4 is 26.0 Å². The zero-order chi connectivity index (χ0) is 25.4. The van der Waals surface area contributed by atoms with Crippen LogP contribution in [0.3, 0.4) is 0 Å². The molecule has 10 nitrogen and oxygen atoms in total. The topological polar surface area (TPSA) is 137 Å². The average Bonchev–Trinajstić information content (AvgIpc) is 2.82. The molecule has 1 atom stereocenters. The SMILES string of the molecule is COC(=O)C(CCCCNS(=O)(=O)c1cc(OC)ccc1OC)NS(=O)(=O)c1ccc(C)cc1. The number of carbonyl (C=O) groups excluding carboxylic acids is 1. The molecule has 2 N–H and O–H groups in total. The van der Waals surface area contributed by atoms with Gasteiger partial charge in [0.1, 0.15) is 22.4 Å². The molecule has 0 aliphatic carbocycles. The molecule has 1 unspecified atom stereocenters. The summed E-state index contributed by atoms with van der Waals surface area (Å²) in [6, 6.07) is 9.55. The number of aryl methyl sites for hydroxylation is 1. The molecule has 0 aromatic heterocycles. The van der Waals surface area contributed by atoms with Gasteiger partial charge in [-0.1, -0.05) is 17.7 Å². The highest BCUT2D eigenvalue weighted by molar-refractivity contribution is 7.89. The molecule has 0 bridgehead atoms. The van der Waals surface area contributed by atoms with E-state index >= 15 is 0 Å². The van der Waals surface area contributed by atoms with E-state index < -0.39 is 32.1 Å². The second kappa shape index (κ2) is 12.2. The lowest BCUT2D eigenvalue weighted by molar-refractivity contribution is -0.142. The zero-order valence-electron chi connectivity index (χ0n) is 19.5. The molecule has 0 amide bonds. The van der Waals surface area contributed by atoms with Crippen molar-refractivity contribution in [3.63, 3.8) is 0 Å². The minimum Gasteiger partial charge on any atom is -0.497 e. The highest BCUT2D eigenvalue weighted by atomic mass is 32.2. The lowest BCUT2D eigenvalue weighted by atomic mass is 10.1. The van der Waals surface area contributed by atoms with Crippen molar-refractivity contribution in [2.24, 2.45) is 0 Å². The molecule has 0 aliphatic rings. The van der Waals surface area contributed by atoms with Crippen molar-refractivity contribution < 1.29 is 35.8 Å². The minimum absolute atomic E-state index is 0.0343. The fourth-order valence-corrected chi connectivity index (χ4v) is 5.57. The predicted octanol–water partition coefficient (Wildman–Crippen LogP) is 1.98. The standard InChI is InChI=1S/C22H30N2O8S2/c1-16-8-11-18(12-9-16)33(26,27)24-19(22(25)32-4)7-5-6-14-23-34(28,29)21-15-17(30-2)10-13-20(21)31-3/h8-13,15,19,23-24H,5-7,14H2,1-4H3. The predicted molar refractivity (Wildman–Crippen MR) is 126 cm³/mol. The van der Waals surface area contributed by atoms with Gasteiger partial charge in [-0.15, -0.1) is 0 Å². The van der Waals surface area contributed by atoms with E-state index in [1.165, 1.54) is 45.6 Å². The van der Waals surface area contributed by atoms with E-state index in [1.807, 2.05) is 6.92 Å². The Labute approximate surface area is 200 Å². The van der Waals surface area contributed by atoms with Crippen molar-refractivity contribution in [2.45, 2.75) is 42.0 Å². The Morgan fingerprint density at radius 1 is 0.912 bits per heavy atom. The Morgan fingerprint density at radius 3 is 2.18 bits per heavy atom. The molecule has 2 rings (SSSR count). The first-order chi connectivity index (χ1) is 16.0. The molecule has 2 aromatic rings. The molecule has 0 fully saturated rings. The van der Waals surface area contributed by atoms with Crippen LogP contribution >= 0.6 is 0 Å². The molecule has 0 aliphatic heterocycles. The summed E-state index contributed by atoms with van der Waals surface area (Å²) in [6.45, 7) is 1.90. The fraction of sp³-hybridized carbons (Fsp3) is 0.409. The Kier molecular flexibility index (Phi) is 9.86. The summed E-state index contributed by atoms with van der Waals surface area (Å²) in [5.41, 5.74) is 0.900. The van der Waals surface area contributed by atoms with E-state index in [1.54, 1.807) is 18.2 Å². The maximum absolute atomic E-state index is 12.7. The molecular weight excluding hydrogens is 484 g/mol. The molecule has 0 spiro atoms.